The minimum absolute atomic E-state index is 0.138. The van der Waals surface area contributed by atoms with Gasteiger partial charge in [0.15, 0.2) is 0 Å². The van der Waals surface area contributed by atoms with Crippen molar-refractivity contribution in [2.75, 3.05) is 0 Å². The molecular weight excluding hydrogens is 188 g/mol. The number of hydrogen-bond donors (Lipinski definition) is 1. The highest BCUT2D eigenvalue weighted by Crippen LogP contribution is 2.15. The lowest BCUT2D eigenvalue weighted by atomic mass is 10.0. The van der Waals surface area contributed by atoms with E-state index in [1.807, 2.05) is 45.9 Å². The summed E-state index contributed by atoms with van der Waals surface area (Å²) in [5, 5.41) is 1.27. The summed E-state index contributed by atoms with van der Waals surface area (Å²) in [5.41, 5.74) is 1.25. The van der Waals surface area contributed by atoms with Gasteiger partial charge in [-0.2, -0.15) is 0 Å². The number of amides is 1. The van der Waals surface area contributed by atoms with Crippen molar-refractivity contribution in [1.29, 1.82) is 0 Å². The third kappa shape index (κ3) is 2.57. The van der Waals surface area contributed by atoms with E-state index in [4.69, 9.17) is 5.84 Å². The Morgan fingerprint density at radius 2 is 1.80 bits per heavy atom. The van der Waals surface area contributed by atoms with Crippen molar-refractivity contribution >= 4 is 5.91 Å². The first-order chi connectivity index (χ1) is 6.84. The van der Waals surface area contributed by atoms with Gasteiger partial charge in [-0.05, 0) is 39.3 Å². The molecule has 0 radical (unpaired) electrons. The van der Waals surface area contributed by atoms with Gasteiger partial charge in [-0.1, -0.05) is 18.2 Å². The number of aryl methyl sites for hydroxylation is 1. The fourth-order valence-electron chi connectivity index (χ4n) is 1.25. The normalized spacial score (nSPS) is 11.3. The van der Waals surface area contributed by atoms with Gasteiger partial charge in [0.25, 0.3) is 5.91 Å². The highest BCUT2D eigenvalue weighted by molar-refractivity contribution is 5.95. The predicted molar refractivity (Wildman–Crippen MR) is 61.3 cm³/mol. The standard InChI is InChI=1S/C12H18N2O/c1-9-7-5-6-8-10(9)11(15)14(13)12(2,3)4/h5-8H,13H2,1-4H3. The molecule has 0 aliphatic carbocycles. The molecule has 0 bridgehead atoms. The van der Waals surface area contributed by atoms with Gasteiger partial charge in [0, 0.05) is 5.56 Å². The van der Waals surface area contributed by atoms with Gasteiger partial charge in [0.1, 0.15) is 0 Å². The molecule has 2 N–H and O–H groups in total. The van der Waals surface area contributed by atoms with Gasteiger partial charge in [0.05, 0.1) is 5.54 Å². The van der Waals surface area contributed by atoms with E-state index in [1.54, 1.807) is 6.07 Å². The molecule has 0 heterocycles. The summed E-state index contributed by atoms with van der Waals surface area (Å²) >= 11 is 0. The number of nitrogens with zero attached hydrogens (tertiary/aromatic N) is 1. The molecule has 0 fully saturated rings. The Hall–Kier alpha value is -1.35. The zero-order valence-corrected chi connectivity index (χ0v) is 9.74. The van der Waals surface area contributed by atoms with E-state index in [2.05, 4.69) is 0 Å². The van der Waals surface area contributed by atoms with Gasteiger partial charge in [-0.15, -0.1) is 0 Å². The van der Waals surface area contributed by atoms with E-state index in [9.17, 15) is 4.79 Å². The second-order valence-electron chi connectivity index (χ2n) is 4.66. The molecule has 3 heteroatoms. The summed E-state index contributed by atoms with van der Waals surface area (Å²) in [6, 6.07) is 7.45. The molecule has 0 unspecified atom stereocenters. The molecule has 1 rings (SSSR count). The van der Waals surface area contributed by atoms with Crippen LogP contribution < -0.4 is 5.84 Å². The van der Waals surface area contributed by atoms with E-state index in [0.717, 1.165) is 5.56 Å². The maximum atomic E-state index is 12.0. The Balaban J connectivity index is 3.01. The van der Waals surface area contributed by atoms with Crippen LogP contribution in [0.4, 0.5) is 0 Å². The summed E-state index contributed by atoms with van der Waals surface area (Å²) < 4.78 is 0. The molecule has 0 saturated heterocycles. The van der Waals surface area contributed by atoms with Gasteiger partial charge >= 0.3 is 0 Å². The molecular formula is C12H18N2O. The van der Waals surface area contributed by atoms with Crippen LogP contribution >= 0.6 is 0 Å². The molecule has 82 valence electrons. The third-order valence-corrected chi connectivity index (χ3v) is 2.32. The lowest BCUT2D eigenvalue weighted by Gasteiger charge is -2.31. The van der Waals surface area contributed by atoms with Gasteiger partial charge in [-0.3, -0.25) is 9.80 Å². The molecule has 0 aromatic heterocycles. The molecule has 3 nitrogen and oxygen atoms in total. The molecule has 0 spiro atoms. The largest absolute Gasteiger partial charge is 0.271 e. The number of hydrazine groups is 1. The number of carbonyl (C=O) groups is 1. The van der Waals surface area contributed by atoms with Crippen molar-refractivity contribution in [3.05, 3.63) is 35.4 Å². The highest BCUT2D eigenvalue weighted by Gasteiger charge is 2.24. The Morgan fingerprint density at radius 1 is 1.27 bits per heavy atom. The topological polar surface area (TPSA) is 46.3 Å². The lowest BCUT2D eigenvalue weighted by Crippen LogP contribution is -2.50. The van der Waals surface area contributed by atoms with Crippen LogP contribution in [0.3, 0.4) is 0 Å². The zero-order valence-electron chi connectivity index (χ0n) is 9.74. The molecule has 1 amide bonds. The summed E-state index contributed by atoms with van der Waals surface area (Å²) in [6.07, 6.45) is 0. The number of benzene rings is 1. The van der Waals surface area contributed by atoms with E-state index < -0.39 is 0 Å². The van der Waals surface area contributed by atoms with Crippen LogP contribution in [0.2, 0.25) is 0 Å². The molecule has 0 aliphatic heterocycles. The summed E-state index contributed by atoms with van der Waals surface area (Å²) in [4.78, 5) is 12.0. The maximum absolute atomic E-state index is 12.0. The first kappa shape index (κ1) is 11.7. The van der Waals surface area contributed by atoms with Crippen LogP contribution in [0.25, 0.3) is 0 Å². The van der Waals surface area contributed by atoms with Crippen molar-refractivity contribution < 1.29 is 4.79 Å². The lowest BCUT2D eigenvalue weighted by molar-refractivity contribution is 0.0581. The fraction of sp³-hybridized carbons (Fsp3) is 0.417. The monoisotopic (exact) mass is 206 g/mol. The van der Waals surface area contributed by atoms with Crippen molar-refractivity contribution in [2.24, 2.45) is 5.84 Å². The molecule has 0 saturated carbocycles. The summed E-state index contributed by atoms with van der Waals surface area (Å²) in [6.45, 7) is 7.62. The van der Waals surface area contributed by atoms with Crippen molar-refractivity contribution in [1.82, 2.24) is 5.01 Å². The van der Waals surface area contributed by atoms with Crippen LogP contribution in [0.1, 0.15) is 36.7 Å². The summed E-state index contributed by atoms with van der Waals surface area (Å²) in [5.74, 6) is 5.64. The van der Waals surface area contributed by atoms with E-state index >= 15 is 0 Å². The van der Waals surface area contributed by atoms with Gasteiger partial charge in [-0.25, -0.2) is 5.84 Å². The second-order valence-corrected chi connectivity index (χ2v) is 4.66. The quantitative estimate of drug-likeness (QED) is 0.434. The number of carbonyl (C=O) groups excluding carboxylic acids is 1. The Labute approximate surface area is 90.9 Å². The summed E-state index contributed by atoms with van der Waals surface area (Å²) in [7, 11) is 0. The number of rotatable bonds is 1. The van der Waals surface area contributed by atoms with Gasteiger partial charge < -0.3 is 0 Å². The Morgan fingerprint density at radius 3 is 2.27 bits per heavy atom. The maximum Gasteiger partial charge on any atom is 0.268 e. The van der Waals surface area contributed by atoms with E-state index in [0.29, 0.717) is 5.56 Å². The number of nitrogens with two attached hydrogens (primary N) is 1. The molecule has 15 heavy (non-hydrogen) atoms. The van der Waals surface area contributed by atoms with Crippen LogP contribution in [-0.2, 0) is 0 Å². The van der Waals surface area contributed by atoms with Crippen LogP contribution in [0.5, 0.6) is 0 Å². The van der Waals surface area contributed by atoms with Crippen LogP contribution in [0, 0.1) is 6.92 Å². The molecule has 0 atom stereocenters. The highest BCUT2D eigenvalue weighted by atomic mass is 16.2. The fourth-order valence-corrected chi connectivity index (χ4v) is 1.25. The van der Waals surface area contributed by atoms with E-state index in [1.165, 1.54) is 5.01 Å². The van der Waals surface area contributed by atoms with Crippen molar-refractivity contribution in [2.45, 2.75) is 33.2 Å². The number of hydrogen-bond acceptors (Lipinski definition) is 2. The molecule has 0 aliphatic rings. The first-order valence-electron chi connectivity index (χ1n) is 4.99. The molecule has 1 aromatic rings. The predicted octanol–water partition coefficient (Wildman–Crippen LogP) is 2.11. The molecule has 1 aromatic carbocycles. The third-order valence-electron chi connectivity index (χ3n) is 2.32. The first-order valence-corrected chi connectivity index (χ1v) is 4.99. The Kier molecular flexibility index (Phi) is 3.15. The van der Waals surface area contributed by atoms with Crippen molar-refractivity contribution in [3.8, 4) is 0 Å². The minimum atomic E-state index is -0.362. The second kappa shape index (κ2) is 4.03. The SMILES string of the molecule is Cc1ccccc1C(=O)N(N)C(C)(C)C. The van der Waals surface area contributed by atoms with Gasteiger partial charge in [0.2, 0.25) is 0 Å². The minimum Gasteiger partial charge on any atom is -0.271 e. The Bertz CT molecular complexity index is 366. The van der Waals surface area contributed by atoms with E-state index in [-0.39, 0.29) is 11.4 Å². The smallest absolute Gasteiger partial charge is 0.268 e. The van der Waals surface area contributed by atoms with Crippen LogP contribution in [0.15, 0.2) is 24.3 Å². The average Bonchev–Trinajstić information content (AvgIpc) is 2.15. The van der Waals surface area contributed by atoms with Crippen molar-refractivity contribution in [3.63, 3.8) is 0 Å². The van der Waals surface area contributed by atoms with Crippen LogP contribution in [-0.4, -0.2) is 16.5 Å². The average molecular weight is 206 g/mol. The zero-order chi connectivity index (χ0) is 11.6.